The average molecular weight is 417 g/mol. The molecule has 158 valence electrons. The minimum atomic E-state index is 0.0351. The Morgan fingerprint density at radius 1 is 1.00 bits per heavy atom. The molecule has 1 saturated heterocycles. The Hall–Kier alpha value is -3.51. The fourth-order valence-electron chi connectivity index (χ4n) is 4.37. The molecule has 2 N–H and O–H groups in total. The zero-order chi connectivity index (χ0) is 21.2. The number of nitrogens with one attached hydrogen (secondary N) is 2. The summed E-state index contributed by atoms with van der Waals surface area (Å²) in [5.41, 5.74) is 3.61. The molecule has 2 heterocycles. The minimum Gasteiger partial charge on any atom is -0.495 e. The third kappa shape index (κ3) is 3.94. The molecule has 6 heteroatoms. The highest BCUT2D eigenvalue weighted by Crippen LogP contribution is 2.30. The van der Waals surface area contributed by atoms with Gasteiger partial charge in [0.2, 0.25) is 0 Å². The van der Waals surface area contributed by atoms with Crippen LogP contribution in [0.15, 0.2) is 71.1 Å². The Bertz CT molecular complexity index is 1230. The van der Waals surface area contributed by atoms with Gasteiger partial charge in [0, 0.05) is 16.5 Å². The molecule has 4 aromatic rings. The smallest absolute Gasteiger partial charge is 0.279 e. The zero-order valence-electron chi connectivity index (χ0n) is 17.6. The van der Waals surface area contributed by atoms with E-state index in [1.165, 1.54) is 4.90 Å². The van der Waals surface area contributed by atoms with Crippen LogP contribution in [0.2, 0.25) is 0 Å². The second-order valence-electron chi connectivity index (χ2n) is 7.94. The van der Waals surface area contributed by atoms with E-state index in [2.05, 4.69) is 16.3 Å². The Balaban J connectivity index is 1.21. The Kier molecular flexibility index (Phi) is 5.22. The van der Waals surface area contributed by atoms with Crippen molar-refractivity contribution >= 4 is 39.2 Å². The Morgan fingerprint density at radius 3 is 2.58 bits per heavy atom. The molecule has 1 fully saturated rings. The Morgan fingerprint density at radius 2 is 1.74 bits per heavy atom. The van der Waals surface area contributed by atoms with E-state index in [1.54, 1.807) is 7.11 Å². The number of para-hydroxylation sites is 3. The van der Waals surface area contributed by atoms with Gasteiger partial charge in [-0.2, -0.15) is 0 Å². The molecule has 0 bridgehead atoms. The third-order valence-corrected chi connectivity index (χ3v) is 5.97. The molecule has 0 saturated carbocycles. The lowest BCUT2D eigenvalue weighted by Crippen LogP contribution is -3.15. The summed E-state index contributed by atoms with van der Waals surface area (Å²) < 4.78 is 11.4. The van der Waals surface area contributed by atoms with E-state index in [0.717, 1.165) is 65.2 Å². The van der Waals surface area contributed by atoms with Gasteiger partial charge in [0.1, 0.15) is 16.9 Å². The van der Waals surface area contributed by atoms with Crippen molar-refractivity contribution < 1.29 is 18.8 Å². The summed E-state index contributed by atoms with van der Waals surface area (Å²) >= 11 is 0. The second kappa shape index (κ2) is 8.32. The van der Waals surface area contributed by atoms with E-state index in [9.17, 15) is 4.79 Å². The van der Waals surface area contributed by atoms with Crippen molar-refractivity contribution in [2.24, 2.45) is 0 Å². The minimum absolute atomic E-state index is 0.0351. The van der Waals surface area contributed by atoms with Crippen molar-refractivity contribution in [3.05, 3.63) is 66.7 Å². The number of rotatable bonds is 5. The highest BCUT2D eigenvalue weighted by Gasteiger charge is 2.24. The third-order valence-electron chi connectivity index (χ3n) is 5.97. The van der Waals surface area contributed by atoms with Gasteiger partial charge < -0.3 is 24.3 Å². The maximum atomic E-state index is 12.7. The maximum absolute atomic E-state index is 12.7. The van der Waals surface area contributed by atoms with Crippen LogP contribution in [-0.4, -0.2) is 45.7 Å². The number of quaternary nitrogens is 1. The van der Waals surface area contributed by atoms with Crippen molar-refractivity contribution in [2.45, 2.75) is 0 Å². The van der Waals surface area contributed by atoms with E-state index in [4.69, 9.17) is 9.15 Å². The summed E-state index contributed by atoms with van der Waals surface area (Å²) in [5, 5.41) is 5.14. The number of anilines is 2. The first-order valence-corrected chi connectivity index (χ1v) is 10.6. The number of piperazine rings is 1. The van der Waals surface area contributed by atoms with Gasteiger partial charge in [-0.3, -0.25) is 4.79 Å². The van der Waals surface area contributed by atoms with Gasteiger partial charge in [0.25, 0.3) is 5.91 Å². The molecule has 1 aliphatic heterocycles. The molecule has 0 unspecified atom stereocenters. The molecule has 5 rings (SSSR count). The first kappa shape index (κ1) is 19.5. The Labute approximate surface area is 181 Å². The van der Waals surface area contributed by atoms with Crippen LogP contribution in [-0.2, 0) is 4.79 Å². The van der Waals surface area contributed by atoms with Crippen LogP contribution >= 0.6 is 0 Å². The summed E-state index contributed by atoms with van der Waals surface area (Å²) in [5.74, 6) is 0.929. The summed E-state index contributed by atoms with van der Waals surface area (Å²) in [6.45, 7) is 4.09. The second-order valence-corrected chi connectivity index (χ2v) is 7.94. The summed E-state index contributed by atoms with van der Waals surface area (Å²) in [6.07, 6.45) is 0. The normalized spacial score (nSPS) is 14.8. The highest BCUT2D eigenvalue weighted by molar-refractivity contribution is 6.06. The number of nitrogens with zero attached hydrogens (tertiary/aromatic N) is 1. The molecule has 0 atom stereocenters. The van der Waals surface area contributed by atoms with Gasteiger partial charge in [0.15, 0.2) is 6.54 Å². The largest absolute Gasteiger partial charge is 0.495 e. The number of fused-ring (bicyclic) bond motifs is 3. The van der Waals surface area contributed by atoms with Crippen molar-refractivity contribution in [3.63, 3.8) is 0 Å². The summed E-state index contributed by atoms with van der Waals surface area (Å²) in [6, 6.07) is 21.9. The van der Waals surface area contributed by atoms with Gasteiger partial charge in [-0.25, -0.2) is 0 Å². The lowest BCUT2D eigenvalue weighted by molar-refractivity contribution is -0.892. The van der Waals surface area contributed by atoms with Crippen molar-refractivity contribution in [2.75, 3.05) is 50.1 Å². The zero-order valence-corrected chi connectivity index (χ0v) is 17.6. The lowest BCUT2D eigenvalue weighted by Gasteiger charge is -2.34. The van der Waals surface area contributed by atoms with Crippen molar-refractivity contribution in [3.8, 4) is 5.75 Å². The number of ether oxygens (including phenoxy) is 1. The van der Waals surface area contributed by atoms with E-state index in [1.807, 2.05) is 60.7 Å². The number of methoxy groups -OCH3 is 1. The molecule has 3 aromatic carbocycles. The fraction of sp³-hybridized carbons (Fsp3) is 0.240. The van der Waals surface area contributed by atoms with Gasteiger partial charge in [-0.1, -0.05) is 30.3 Å². The van der Waals surface area contributed by atoms with Crippen LogP contribution < -0.4 is 19.9 Å². The predicted molar refractivity (Wildman–Crippen MR) is 123 cm³/mol. The number of benzene rings is 3. The van der Waals surface area contributed by atoms with Crippen molar-refractivity contribution in [1.82, 2.24) is 0 Å². The first-order chi connectivity index (χ1) is 15.2. The molecule has 0 radical (unpaired) electrons. The quantitative estimate of drug-likeness (QED) is 0.525. The molecular weight excluding hydrogens is 390 g/mol. The maximum Gasteiger partial charge on any atom is 0.279 e. The van der Waals surface area contributed by atoms with Crippen LogP contribution in [0.25, 0.3) is 21.9 Å². The van der Waals surface area contributed by atoms with Crippen LogP contribution in [0.5, 0.6) is 5.75 Å². The number of hydrogen-bond donors (Lipinski definition) is 2. The first-order valence-electron chi connectivity index (χ1n) is 10.6. The molecule has 1 aromatic heterocycles. The van der Waals surface area contributed by atoms with Crippen LogP contribution in [0, 0.1) is 0 Å². The number of hydrogen-bond acceptors (Lipinski definition) is 4. The molecule has 31 heavy (non-hydrogen) atoms. The van der Waals surface area contributed by atoms with Gasteiger partial charge >= 0.3 is 0 Å². The van der Waals surface area contributed by atoms with Crippen LogP contribution in [0.4, 0.5) is 11.4 Å². The van der Waals surface area contributed by atoms with Gasteiger partial charge in [0.05, 0.1) is 39.0 Å². The predicted octanol–water partition coefficient (Wildman–Crippen LogP) is 2.94. The highest BCUT2D eigenvalue weighted by atomic mass is 16.5. The summed E-state index contributed by atoms with van der Waals surface area (Å²) in [7, 11) is 1.70. The number of carbonyl (C=O) groups excluding carboxylic acids is 1. The molecule has 0 aliphatic carbocycles. The lowest BCUT2D eigenvalue weighted by atomic mass is 10.1. The monoisotopic (exact) mass is 416 g/mol. The van der Waals surface area contributed by atoms with E-state index >= 15 is 0 Å². The molecule has 6 nitrogen and oxygen atoms in total. The molecular formula is C25H26N3O3+. The number of furan rings is 1. The molecule has 1 amide bonds. The SMILES string of the molecule is COc1ccccc1N1CC[NH+](CC(=O)Nc2ccc3oc4ccccc4c3c2)CC1. The van der Waals surface area contributed by atoms with Gasteiger partial charge in [-0.15, -0.1) is 0 Å². The van der Waals surface area contributed by atoms with E-state index < -0.39 is 0 Å². The van der Waals surface area contributed by atoms with E-state index in [-0.39, 0.29) is 5.91 Å². The summed E-state index contributed by atoms with van der Waals surface area (Å²) in [4.78, 5) is 16.3. The number of carbonyl (C=O) groups is 1. The van der Waals surface area contributed by atoms with Crippen LogP contribution in [0.3, 0.4) is 0 Å². The standard InChI is InChI=1S/C25H25N3O3/c1-30-24-9-5-3-7-21(24)28-14-12-27(13-15-28)17-25(29)26-18-10-11-23-20(16-18)19-6-2-4-8-22(19)31-23/h2-11,16H,12-15,17H2,1H3,(H,26,29)/p+1. The van der Waals surface area contributed by atoms with Crippen LogP contribution in [0.1, 0.15) is 0 Å². The fourth-order valence-corrected chi connectivity index (χ4v) is 4.37. The molecule has 0 spiro atoms. The average Bonchev–Trinajstić information content (AvgIpc) is 3.17. The topological polar surface area (TPSA) is 59.2 Å². The molecule has 1 aliphatic rings. The van der Waals surface area contributed by atoms with Gasteiger partial charge in [-0.05, 0) is 36.4 Å². The van der Waals surface area contributed by atoms with E-state index in [0.29, 0.717) is 6.54 Å². The number of amides is 1. The van der Waals surface area contributed by atoms with Crippen molar-refractivity contribution in [1.29, 1.82) is 0 Å².